The van der Waals surface area contributed by atoms with Crippen molar-refractivity contribution in [2.75, 3.05) is 19.7 Å². The summed E-state index contributed by atoms with van der Waals surface area (Å²) in [6.45, 7) is 5.55. The average molecular weight is 350 g/mol. The van der Waals surface area contributed by atoms with Gasteiger partial charge in [0.1, 0.15) is 5.75 Å². The Morgan fingerprint density at radius 3 is 3.00 bits per heavy atom. The molecule has 1 saturated heterocycles. The van der Waals surface area contributed by atoms with Crippen molar-refractivity contribution in [3.05, 3.63) is 40.4 Å². The highest BCUT2D eigenvalue weighted by atomic mass is 79.9. The molecular weight excluding hydrogens is 330 g/mol. The minimum absolute atomic E-state index is 0.310. The number of phenols is 1. The van der Waals surface area contributed by atoms with Crippen LogP contribution in [0.25, 0.3) is 10.8 Å². The molecule has 21 heavy (non-hydrogen) atoms. The lowest BCUT2D eigenvalue weighted by Gasteiger charge is -2.32. The molecule has 1 aliphatic rings. The molecule has 112 valence electrons. The second kappa shape index (κ2) is 6.34. The van der Waals surface area contributed by atoms with E-state index in [2.05, 4.69) is 39.9 Å². The van der Waals surface area contributed by atoms with Gasteiger partial charge in [-0.1, -0.05) is 35.0 Å². The van der Waals surface area contributed by atoms with Gasteiger partial charge in [0.2, 0.25) is 0 Å². The van der Waals surface area contributed by atoms with Crippen LogP contribution in [-0.4, -0.2) is 35.8 Å². The summed E-state index contributed by atoms with van der Waals surface area (Å²) in [6.07, 6.45) is 1.34. The van der Waals surface area contributed by atoms with Crippen molar-refractivity contribution in [1.82, 2.24) is 4.90 Å². The molecule has 0 amide bonds. The maximum Gasteiger partial charge on any atom is 0.120 e. The quantitative estimate of drug-likeness (QED) is 0.911. The van der Waals surface area contributed by atoms with Crippen molar-refractivity contribution < 1.29 is 9.84 Å². The number of fused-ring (bicyclic) bond motifs is 1. The van der Waals surface area contributed by atoms with Crippen molar-refractivity contribution in [3.8, 4) is 5.75 Å². The van der Waals surface area contributed by atoms with Gasteiger partial charge in [0.15, 0.2) is 0 Å². The molecule has 1 N–H and O–H groups in total. The van der Waals surface area contributed by atoms with Gasteiger partial charge >= 0.3 is 0 Å². The molecule has 3 nitrogen and oxygen atoms in total. The largest absolute Gasteiger partial charge is 0.508 e. The number of halogens is 1. The number of aromatic hydroxyl groups is 1. The van der Waals surface area contributed by atoms with Crippen LogP contribution in [0.1, 0.15) is 18.9 Å². The zero-order chi connectivity index (χ0) is 14.8. The second-order valence-corrected chi connectivity index (χ2v) is 6.48. The molecular formula is C17H20BrNO2. The lowest BCUT2D eigenvalue weighted by molar-refractivity contribution is -0.0325. The predicted molar refractivity (Wildman–Crippen MR) is 88.6 cm³/mol. The van der Waals surface area contributed by atoms with Gasteiger partial charge in [0.05, 0.1) is 12.7 Å². The van der Waals surface area contributed by atoms with Gasteiger partial charge in [-0.15, -0.1) is 0 Å². The number of phenolic OH excluding ortho intramolecular Hbond substituents is 1. The fraction of sp³-hybridized carbons (Fsp3) is 0.412. The first kappa shape index (κ1) is 14.8. The molecule has 1 heterocycles. The van der Waals surface area contributed by atoms with Gasteiger partial charge in [0, 0.05) is 29.7 Å². The summed E-state index contributed by atoms with van der Waals surface area (Å²) in [5.74, 6) is 0.379. The zero-order valence-corrected chi connectivity index (χ0v) is 13.8. The Balaban J connectivity index is 1.90. The molecule has 0 saturated carbocycles. The number of rotatable bonds is 3. The minimum Gasteiger partial charge on any atom is -0.508 e. The molecule has 0 bridgehead atoms. The van der Waals surface area contributed by atoms with Crippen LogP contribution in [0.4, 0.5) is 0 Å². The van der Waals surface area contributed by atoms with Gasteiger partial charge in [-0.25, -0.2) is 0 Å². The molecule has 2 aromatic rings. The Morgan fingerprint density at radius 1 is 1.33 bits per heavy atom. The Kier molecular flexibility index (Phi) is 4.48. The van der Waals surface area contributed by atoms with E-state index in [0.717, 1.165) is 53.5 Å². The van der Waals surface area contributed by atoms with E-state index in [9.17, 15) is 5.11 Å². The average Bonchev–Trinajstić information content (AvgIpc) is 2.50. The van der Waals surface area contributed by atoms with Crippen molar-refractivity contribution in [1.29, 1.82) is 0 Å². The molecule has 1 fully saturated rings. The first-order valence-corrected chi connectivity index (χ1v) is 8.20. The molecule has 0 aromatic heterocycles. The Morgan fingerprint density at radius 2 is 2.19 bits per heavy atom. The van der Waals surface area contributed by atoms with E-state index in [4.69, 9.17) is 4.74 Å². The molecule has 1 atom stereocenters. The monoisotopic (exact) mass is 349 g/mol. The predicted octanol–water partition coefficient (Wildman–Crippen LogP) is 3.92. The molecule has 4 heteroatoms. The van der Waals surface area contributed by atoms with Gasteiger partial charge in [0.25, 0.3) is 0 Å². The van der Waals surface area contributed by atoms with Crippen molar-refractivity contribution >= 4 is 26.7 Å². The smallest absolute Gasteiger partial charge is 0.120 e. The van der Waals surface area contributed by atoms with E-state index in [1.165, 1.54) is 0 Å². The minimum atomic E-state index is 0.310. The lowest BCUT2D eigenvalue weighted by atomic mass is 10.0. The standard InChI is InChI=1S/C17H20BrNO2/c1-2-14-10-19(7-8-21-14)11-16-15-5-4-13(18)9-12(15)3-6-17(16)20/h3-6,9,14,20H,2,7-8,10-11H2,1H3. The number of morpholine rings is 1. The zero-order valence-electron chi connectivity index (χ0n) is 12.2. The van der Waals surface area contributed by atoms with Crippen LogP contribution in [-0.2, 0) is 11.3 Å². The molecule has 1 unspecified atom stereocenters. The fourth-order valence-electron chi connectivity index (χ4n) is 2.91. The van der Waals surface area contributed by atoms with Crippen LogP contribution in [0.5, 0.6) is 5.75 Å². The van der Waals surface area contributed by atoms with Crippen molar-refractivity contribution in [2.45, 2.75) is 26.0 Å². The van der Waals surface area contributed by atoms with E-state index >= 15 is 0 Å². The third kappa shape index (κ3) is 3.23. The van der Waals surface area contributed by atoms with E-state index in [1.807, 2.05) is 12.1 Å². The van der Waals surface area contributed by atoms with Gasteiger partial charge in [-0.3, -0.25) is 4.90 Å². The number of hydrogen-bond donors (Lipinski definition) is 1. The number of nitrogens with zero attached hydrogens (tertiary/aromatic N) is 1. The lowest BCUT2D eigenvalue weighted by Crippen LogP contribution is -2.41. The Hall–Kier alpha value is -1.10. The maximum atomic E-state index is 10.3. The molecule has 3 rings (SSSR count). The van der Waals surface area contributed by atoms with E-state index in [0.29, 0.717) is 11.9 Å². The van der Waals surface area contributed by atoms with Gasteiger partial charge in [-0.05, 0) is 35.4 Å². The van der Waals surface area contributed by atoms with Crippen LogP contribution in [0.15, 0.2) is 34.8 Å². The Bertz CT molecular complexity index is 644. The van der Waals surface area contributed by atoms with Gasteiger partial charge < -0.3 is 9.84 Å². The molecule has 1 aliphatic heterocycles. The van der Waals surface area contributed by atoms with Crippen LogP contribution in [0.3, 0.4) is 0 Å². The number of benzene rings is 2. The maximum absolute atomic E-state index is 10.3. The number of ether oxygens (including phenoxy) is 1. The number of hydrogen-bond acceptors (Lipinski definition) is 3. The van der Waals surface area contributed by atoms with E-state index < -0.39 is 0 Å². The van der Waals surface area contributed by atoms with Crippen molar-refractivity contribution in [3.63, 3.8) is 0 Å². The summed E-state index contributed by atoms with van der Waals surface area (Å²) >= 11 is 3.50. The van der Waals surface area contributed by atoms with Crippen LogP contribution in [0.2, 0.25) is 0 Å². The molecule has 0 radical (unpaired) electrons. The highest BCUT2D eigenvalue weighted by Crippen LogP contribution is 2.30. The summed E-state index contributed by atoms with van der Waals surface area (Å²) in [5, 5.41) is 12.5. The second-order valence-electron chi connectivity index (χ2n) is 5.56. The van der Waals surface area contributed by atoms with E-state index in [1.54, 1.807) is 6.07 Å². The van der Waals surface area contributed by atoms with Crippen LogP contribution >= 0.6 is 15.9 Å². The summed E-state index contributed by atoms with van der Waals surface area (Å²) in [6, 6.07) is 9.95. The van der Waals surface area contributed by atoms with Crippen molar-refractivity contribution in [2.24, 2.45) is 0 Å². The molecule has 2 aromatic carbocycles. The van der Waals surface area contributed by atoms with Gasteiger partial charge in [-0.2, -0.15) is 0 Å². The molecule has 0 aliphatic carbocycles. The topological polar surface area (TPSA) is 32.7 Å². The summed E-state index contributed by atoms with van der Waals surface area (Å²) < 4.78 is 6.78. The highest BCUT2D eigenvalue weighted by Gasteiger charge is 2.20. The first-order chi connectivity index (χ1) is 10.2. The molecule has 0 spiro atoms. The Labute approximate surface area is 133 Å². The third-order valence-corrected chi connectivity index (χ3v) is 4.62. The van der Waals surface area contributed by atoms with Crippen LogP contribution in [0, 0.1) is 0 Å². The first-order valence-electron chi connectivity index (χ1n) is 7.41. The van der Waals surface area contributed by atoms with Crippen LogP contribution < -0.4 is 0 Å². The van der Waals surface area contributed by atoms with E-state index in [-0.39, 0.29) is 0 Å². The SMILES string of the molecule is CCC1CN(Cc2c(O)ccc3cc(Br)ccc23)CCO1. The highest BCUT2D eigenvalue weighted by molar-refractivity contribution is 9.10. The summed E-state index contributed by atoms with van der Waals surface area (Å²) in [5.41, 5.74) is 1.01. The third-order valence-electron chi connectivity index (χ3n) is 4.13. The normalized spacial score (nSPS) is 20.0. The summed E-state index contributed by atoms with van der Waals surface area (Å²) in [7, 11) is 0. The summed E-state index contributed by atoms with van der Waals surface area (Å²) in [4.78, 5) is 2.37. The fourth-order valence-corrected chi connectivity index (χ4v) is 3.29.